The number of carbonyl (C=O) groups is 1. The van der Waals surface area contributed by atoms with E-state index in [1.54, 1.807) is 39.5 Å². The molecule has 2 aromatic heterocycles. The average Bonchev–Trinajstić information content (AvgIpc) is 3.36. The van der Waals surface area contributed by atoms with Crippen molar-refractivity contribution in [3.05, 3.63) is 83.6 Å². The minimum Gasteiger partial charge on any atom is -0.493 e. The van der Waals surface area contributed by atoms with Gasteiger partial charge in [-0.15, -0.1) is 0 Å². The number of carbonyl (C=O) groups excluding carboxylic acids is 1. The van der Waals surface area contributed by atoms with Gasteiger partial charge >= 0.3 is 0 Å². The predicted octanol–water partition coefficient (Wildman–Crippen LogP) is 5.05. The quantitative estimate of drug-likeness (QED) is 0.249. The molecule has 5 rings (SSSR count). The number of aromatic nitrogens is 2. The Hall–Kier alpha value is -4.56. The first-order valence-corrected chi connectivity index (χ1v) is 12.6. The fraction of sp³-hybridized carbons (Fsp3) is 0.226. The Labute approximate surface area is 226 Å². The zero-order chi connectivity index (χ0) is 27.5. The zero-order valence-corrected chi connectivity index (χ0v) is 22.4. The lowest BCUT2D eigenvalue weighted by Gasteiger charge is -2.18. The molecule has 5 aromatic rings. The van der Waals surface area contributed by atoms with Crippen LogP contribution in [0.15, 0.2) is 66.9 Å². The maximum absolute atomic E-state index is 13.7. The van der Waals surface area contributed by atoms with E-state index >= 15 is 0 Å². The smallest absolute Gasteiger partial charge is 0.252 e. The number of para-hydroxylation sites is 1. The number of aliphatic hydroxyl groups is 1. The van der Waals surface area contributed by atoms with Crippen LogP contribution in [0.1, 0.15) is 21.5 Å². The van der Waals surface area contributed by atoms with Crippen LogP contribution in [0.4, 0.5) is 0 Å². The molecule has 0 radical (unpaired) electrons. The number of aryl methyl sites for hydroxylation is 1. The van der Waals surface area contributed by atoms with Gasteiger partial charge in [-0.3, -0.25) is 4.79 Å². The van der Waals surface area contributed by atoms with Crippen LogP contribution in [0.5, 0.6) is 17.2 Å². The average molecular weight is 526 g/mol. The molecule has 0 aliphatic rings. The molecule has 3 aromatic carbocycles. The Balaban J connectivity index is 1.51. The van der Waals surface area contributed by atoms with Crippen molar-refractivity contribution in [1.82, 2.24) is 15.3 Å². The van der Waals surface area contributed by atoms with E-state index in [9.17, 15) is 9.90 Å². The standard InChI is InChI=1S/C31H31N3O5/c1-18-9-10-22-20(16-32-27(22)11-18)12-21(17-35)33-31(36)24-15-26(34-25-8-6-5-7-23(24)25)19-13-28(37-2)30(39-4)29(14-19)38-3/h5-11,13-16,21,32,35H,12,17H2,1-4H3,(H,33,36)/t21-/m1/s1. The van der Waals surface area contributed by atoms with Gasteiger partial charge in [-0.1, -0.05) is 30.3 Å². The second-order valence-corrected chi connectivity index (χ2v) is 9.41. The summed E-state index contributed by atoms with van der Waals surface area (Å²) in [6.07, 6.45) is 2.41. The molecular weight excluding hydrogens is 494 g/mol. The first-order chi connectivity index (χ1) is 18.9. The number of nitrogens with zero attached hydrogens (tertiary/aromatic N) is 1. The number of amides is 1. The van der Waals surface area contributed by atoms with E-state index in [4.69, 9.17) is 19.2 Å². The van der Waals surface area contributed by atoms with Crippen molar-refractivity contribution in [2.75, 3.05) is 27.9 Å². The number of pyridine rings is 1. The van der Waals surface area contributed by atoms with Gasteiger partial charge in [0.15, 0.2) is 11.5 Å². The molecule has 8 heteroatoms. The molecule has 2 heterocycles. The number of rotatable bonds is 9. The fourth-order valence-corrected chi connectivity index (χ4v) is 4.90. The summed E-state index contributed by atoms with van der Waals surface area (Å²) in [7, 11) is 4.65. The third kappa shape index (κ3) is 5.11. The van der Waals surface area contributed by atoms with Gasteiger partial charge in [0, 0.05) is 28.0 Å². The number of H-pyrrole nitrogens is 1. The van der Waals surface area contributed by atoms with Gasteiger partial charge < -0.3 is 29.6 Å². The molecule has 8 nitrogen and oxygen atoms in total. The highest BCUT2D eigenvalue weighted by Gasteiger charge is 2.21. The van der Waals surface area contributed by atoms with Gasteiger partial charge in [-0.2, -0.15) is 0 Å². The minimum atomic E-state index is -0.477. The van der Waals surface area contributed by atoms with Crippen LogP contribution in [0, 0.1) is 6.92 Å². The molecule has 0 saturated heterocycles. The van der Waals surface area contributed by atoms with Crippen LogP contribution in [0.25, 0.3) is 33.1 Å². The van der Waals surface area contributed by atoms with E-state index in [-0.39, 0.29) is 12.5 Å². The SMILES string of the molecule is COc1cc(-c2cc(C(=O)N[C@@H](CO)Cc3c[nH]c4cc(C)ccc34)c3ccccc3n2)cc(OC)c1OC. The van der Waals surface area contributed by atoms with Crippen molar-refractivity contribution < 1.29 is 24.1 Å². The van der Waals surface area contributed by atoms with E-state index in [0.717, 1.165) is 22.0 Å². The third-order valence-electron chi connectivity index (χ3n) is 6.87. The normalized spacial score (nSPS) is 11.9. The maximum Gasteiger partial charge on any atom is 0.252 e. The number of fused-ring (bicyclic) bond motifs is 2. The molecule has 0 aliphatic heterocycles. The van der Waals surface area contributed by atoms with Gasteiger partial charge in [0.05, 0.1) is 50.8 Å². The summed E-state index contributed by atoms with van der Waals surface area (Å²) in [4.78, 5) is 21.8. The van der Waals surface area contributed by atoms with Crippen LogP contribution < -0.4 is 19.5 Å². The molecule has 39 heavy (non-hydrogen) atoms. The minimum absolute atomic E-state index is 0.201. The Kier molecular flexibility index (Phi) is 7.38. The lowest BCUT2D eigenvalue weighted by molar-refractivity contribution is 0.0918. The number of hydrogen-bond acceptors (Lipinski definition) is 6. The summed E-state index contributed by atoms with van der Waals surface area (Å²) in [6, 6.07) is 18.6. The van der Waals surface area contributed by atoms with Crippen LogP contribution in [-0.4, -0.2) is 55.0 Å². The van der Waals surface area contributed by atoms with Crippen molar-refractivity contribution in [3.63, 3.8) is 0 Å². The van der Waals surface area contributed by atoms with Gasteiger partial charge in [0.2, 0.25) is 5.75 Å². The van der Waals surface area contributed by atoms with E-state index in [2.05, 4.69) is 28.5 Å². The first kappa shape index (κ1) is 26.1. The van der Waals surface area contributed by atoms with Crippen molar-refractivity contribution in [2.45, 2.75) is 19.4 Å². The van der Waals surface area contributed by atoms with Crippen molar-refractivity contribution in [3.8, 4) is 28.5 Å². The summed E-state index contributed by atoms with van der Waals surface area (Å²) in [6.45, 7) is 1.84. The molecule has 0 fully saturated rings. The van der Waals surface area contributed by atoms with Crippen LogP contribution in [0.3, 0.4) is 0 Å². The fourth-order valence-electron chi connectivity index (χ4n) is 4.90. The highest BCUT2D eigenvalue weighted by molar-refractivity contribution is 6.07. The van der Waals surface area contributed by atoms with Crippen molar-refractivity contribution in [1.29, 1.82) is 0 Å². The predicted molar refractivity (Wildman–Crippen MR) is 152 cm³/mol. The van der Waals surface area contributed by atoms with Gasteiger partial charge in [0.1, 0.15) is 0 Å². The topological polar surface area (TPSA) is 106 Å². The van der Waals surface area contributed by atoms with E-state index in [1.807, 2.05) is 37.4 Å². The number of aliphatic hydroxyl groups excluding tert-OH is 1. The summed E-state index contributed by atoms with van der Waals surface area (Å²) < 4.78 is 16.5. The highest BCUT2D eigenvalue weighted by atomic mass is 16.5. The molecule has 3 N–H and O–H groups in total. The Morgan fingerprint density at radius 3 is 2.41 bits per heavy atom. The molecule has 0 bridgehead atoms. The van der Waals surface area contributed by atoms with Crippen LogP contribution in [0.2, 0.25) is 0 Å². The molecule has 0 aliphatic carbocycles. The van der Waals surface area contributed by atoms with Crippen molar-refractivity contribution >= 4 is 27.7 Å². The summed E-state index contributed by atoms with van der Waals surface area (Å²) in [5.74, 6) is 1.15. The molecule has 200 valence electrons. The number of ether oxygens (including phenoxy) is 3. The number of aromatic amines is 1. The third-order valence-corrected chi connectivity index (χ3v) is 6.87. The van der Waals surface area contributed by atoms with E-state index in [1.165, 1.54) is 0 Å². The number of hydrogen-bond donors (Lipinski definition) is 3. The Morgan fingerprint density at radius 1 is 0.974 bits per heavy atom. The highest BCUT2D eigenvalue weighted by Crippen LogP contribution is 2.41. The number of methoxy groups -OCH3 is 3. The lowest BCUT2D eigenvalue weighted by Crippen LogP contribution is -2.39. The molecular formula is C31H31N3O5. The van der Waals surface area contributed by atoms with Gasteiger partial charge in [-0.05, 0) is 54.8 Å². The molecule has 1 amide bonds. The largest absolute Gasteiger partial charge is 0.493 e. The monoisotopic (exact) mass is 525 g/mol. The summed E-state index contributed by atoms with van der Waals surface area (Å²) in [5, 5.41) is 15.0. The zero-order valence-electron chi connectivity index (χ0n) is 22.4. The lowest BCUT2D eigenvalue weighted by atomic mass is 10.0. The Morgan fingerprint density at radius 2 is 1.72 bits per heavy atom. The number of benzene rings is 3. The molecule has 0 unspecified atom stereocenters. The second-order valence-electron chi connectivity index (χ2n) is 9.41. The molecule has 0 saturated carbocycles. The van der Waals surface area contributed by atoms with Crippen molar-refractivity contribution in [2.24, 2.45) is 0 Å². The maximum atomic E-state index is 13.7. The van der Waals surface area contributed by atoms with Gasteiger partial charge in [-0.25, -0.2) is 4.98 Å². The Bertz CT molecular complexity index is 1630. The summed E-state index contributed by atoms with van der Waals surface area (Å²) >= 11 is 0. The molecule has 0 spiro atoms. The number of nitrogens with one attached hydrogen (secondary N) is 2. The summed E-state index contributed by atoms with van der Waals surface area (Å²) in [5.41, 5.74) is 5.63. The van der Waals surface area contributed by atoms with E-state index < -0.39 is 6.04 Å². The van der Waals surface area contributed by atoms with E-state index in [0.29, 0.717) is 51.4 Å². The van der Waals surface area contributed by atoms with Crippen LogP contribution in [-0.2, 0) is 6.42 Å². The van der Waals surface area contributed by atoms with Gasteiger partial charge in [0.25, 0.3) is 5.91 Å². The molecule has 1 atom stereocenters. The van der Waals surface area contributed by atoms with Crippen LogP contribution >= 0.6 is 0 Å². The first-order valence-electron chi connectivity index (χ1n) is 12.6. The second kappa shape index (κ2) is 11.0.